The van der Waals surface area contributed by atoms with Crippen LogP contribution < -0.4 is 15.6 Å². The van der Waals surface area contributed by atoms with Crippen LogP contribution in [0.15, 0.2) is 58.7 Å². The first-order valence-corrected chi connectivity index (χ1v) is 10.7. The Labute approximate surface area is 172 Å². The van der Waals surface area contributed by atoms with Crippen molar-refractivity contribution < 1.29 is 13.2 Å². The molecule has 0 saturated carbocycles. The van der Waals surface area contributed by atoms with Gasteiger partial charge in [-0.3, -0.25) is 9.59 Å². The lowest BCUT2D eigenvalue weighted by molar-refractivity contribution is -0.116. The first-order valence-electron chi connectivity index (χ1n) is 9.22. The molecule has 12 heteroatoms. The Bertz CT molecular complexity index is 1160. The van der Waals surface area contributed by atoms with E-state index in [1.807, 2.05) is 6.92 Å². The maximum Gasteiger partial charge on any atom is 0.266 e. The van der Waals surface area contributed by atoms with Crippen LogP contribution in [0.1, 0.15) is 19.8 Å². The number of rotatable bonds is 9. The Kier molecular flexibility index (Phi) is 6.69. The van der Waals surface area contributed by atoms with Crippen LogP contribution in [-0.4, -0.2) is 45.4 Å². The van der Waals surface area contributed by atoms with Crippen LogP contribution in [0.2, 0.25) is 0 Å². The van der Waals surface area contributed by atoms with E-state index in [4.69, 9.17) is 0 Å². The van der Waals surface area contributed by atoms with E-state index >= 15 is 0 Å². The maximum atomic E-state index is 12.5. The van der Waals surface area contributed by atoms with Gasteiger partial charge < -0.3 is 5.32 Å². The van der Waals surface area contributed by atoms with Gasteiger partial charge in [0.2, 0.25) is 15.9 Å². The number of anilines is 1. The summed E-state index contributed by atoms with van der Waals surface area (Å²) < 4.78 is 29.9. The van der Waals surface area contributed by atoms with Crippen molar-refractivity contribution in [3.8, 4) is 5.82 Å². The van der Waals surface area contributed by atoms with Gasteiger partial charge in [0.1, 0.15) is 12.7 Å². The Hall–Kier alpha value is -3.38. The summed E-state index contributed by atoms with van der Waals surface area (Å²) in [4.78, 5) is 27.5. The molecule has 0 unspecified atom stereocenters. The average Bonchev–Trinajstić information content (AvgIpc) is 3.25. The number of carbonyl (C=O) groups excluding carboxylic acids is 1. The molecule has 0 radical (unpaired) electrons. The molecule has 2 heterocycles. The van der Waals surface area contributed by atoms with Gasteiger partial charge in [-0.05, 0) is 36.8 Å². The van der Waals surface area contributed by atoms with E-state index in [2.05, 4.69) is 25.2 Å². The Morgan fingerprint density at radius 2 is 1.90 bits per heavy atom. The van der Waals surface area contributed by atoms with Gasteiger partial charge >= 0.3 is 0 Å². The molecule has 0 aliphatic carbocycles. The largest absolute Gasteiger partial charge is 0.326 e. The second-order valence-electron chi connectivity index (χ2n) is 6.31. The van der Waals surface area contributed by atoms with Gasteiger partial charge in [0, 0.05) is 24.7 Å². The topological polar surface area (TPSA) is 141 Å². The molecule has 1 amide bonds. The van der Waals surface area contributed by atoms with E-state index in [0.717, 1.165) is 11.1 Å². The molecule has 0 bridgehead atoms. The minimum absolute atomic E-state index is 0.0335. The number of hydrogen-bond acceptors (Lipinski definition) is 7. The third-order valence-electron chi connectivity index (χ3n) is 4.05. The molecule has 0 atom stereocenters. The summed E-state index contributed by atoms with van der Waals surface area (Å²) in [6.07, 6.45) is 3.90. The molecule has 0 saturated heterocycles. The van der Waals surface area contributed by atoms with E-state index in [0.29, 0.717) is 17.9 Å². The summed E-state index contributed by atoms with van der Waals surface area (Å²) in [6.45, 7) is 1.90. The van der Waals surface area contributed by atoms with Crippen molar-refractivity contribution >= 4 is 21.6 Å². The van der Waals surface area contributed by atoms with Crippen molar-refractivity contribution in [2.45, 2.75) is 31.2 Å². The molecule has 3 rings (SSSR count). The van der Waals surface area contributed by atoms with E-state index < -0.39 is 10.0 Å². The molecular formula is C18H21N7O4S. The number of amides is 1. The maximum absolute atomic E-state index is 12.5. The highest BCUT2D eigenvalue weighted by atomic mass is 32.2. The number of nitrogens with one attached hydrogen (secondary N) is 2. The SMILES string of the molecule is CCCC(=O)Nc1ccc(S(=O)(=O)NCCn2nc(-n3cncn3)ccc2=O)cc1. The monoisotopic (exact) mass is 431 g/mol. The van der Waals surface area contributed by atoms with Gasteiger partial charge in [-0.2, -0.15) is 5.10 Å². The van der Waals surface area contributed by atoms with Crippen LogP contribution in [0.5, 0.6) is 0 Å². The van der Waals surface area contributed by atoms with Crippen LogP contribution in [0.25, 0.3) is 5.82 Å². The highest BCUT2D eigenvalue weighted by Gasteiger charge is 2.14. The molecular weight excluding hydrogens is 410 g/mol. The van der Waals surface area contributed by atoms with Gasteiger partial charge in [-0.15, -0.1) is 5.10 Å². The normalized spacial score (nSPS) is 11.4. The van der Waals surface area contributed by atoms with Gasteiger partial charge in [0.25, 0.3) is 5.56 Å². The summed E-state index contributed by atoms with van der Waals surface area (Å²) in [6, 6.07) is 8.67. The highest BCUT2D eigenvalue weighted by Crippen LogP contribution is 2.14. The Balaban J connectivity index is 1.62. The van der Waals surface area contributed by atoms with E-state index in [9.17, 15) is 18.0 Å². The summed E-state index contributed by atoms with van der Waals surface area (Å²) in [5.41, 5.74) is 0.151. The molecule has 0 aliphatic rings. The van der Waals surface area contributed by atoms with Crippen LogP contribution in [0.4, 0.5) is 5.69 Å². The van der Waals surface area contributed by atoms with Gasteiger partial charge in [0.15, 0.2) is 5.82 Å². The Morgan fingerprint density at radius 3 is 2.57 bits per heavy atom. The molecule has 11 nitrogen and oxygen atoms in total. The van der Waals surface area contributed by atoms with Crippen molar-refractivity contribution in [1.29, 1.82) is 0 Å². The van der Waals surface area contributed by atoms with Gasteiger partial charge in [-0.25, -0.2) is 27.5 Å². The second kappa shape index (κ2) is 9.41. The summed E-state index contributed by atoms with van der Waals surface area (Å²) >= 11 is 0. The van der Waals surface area contributed by atoms with Crippen molar-refractivity contribution in [3.63, 3.8) is 0 Å². The van der Waals surface area contributed by atoms with Crippen molar-refractivity contribution in [2.75, 3.05) is 11.9 Å². The van der Waals surface area contributed by atoms with Gasteiger partial charge in [0.05, 0.1) is 11.4 Å². The van der Waals surface area contributed by atoms with Gasteiger partial charge in [-0.1, -0.05) is 6.92 Å². The van der Waals surface area contributed by atoms with E-state index in [1.54, 1.807) is 0 Å². The fourth-order valence-electron chi connectivity index (χ4n) is 2.58. The highest BCUT2D eigenvalue weighted by molar-refractivity contribution is 7.89. The number of benzene rings is 1. The molecule has 2 aromatic heterocycles. The minimum Gasteiger partial charge on any atom is -0.326 e. The molecule has 0 aliphatic heterocycles. The molecule has 0 spiro atoms. The zero-order chi connectivity index (χ0) is 21.6. The van der Waals surface area contributed by atoms with Crippen LogP contribution in [-0.2, 0) is 21.4 Å². The fourth-order valence-corrected chi connectivity index (χ4v) is 3.61. The van der Waals surface area contributed by atoms with E-state index in [1.165, 1.54) is 53.7 Å². The van der Waals surface area contributed by atoms with E-state index in [-0.39, 0.29) is 29.5 Å². The second-order valence-corrected chi connectivity index (χ2v) is 8.08. The molecule has 30 heavy (non-hydrogen) atoms. The average molecular weight is 431 g/mol. The first-order chi connectivity index (χ1) is 14.4. The van der Waals surface area contributed by atoms with Crippen LogP contribution in [0.3, 0.4) is 0 Å². The Morgan fingerprint density at radius 1 is 1.13 bits per heavy atom. The predicted molar refractivity (Wildman–Crippen MR) is 109 cm³/mol. The first kappa shape index (κ1) is 21.3. The molecule has 0 fully saturated rings. The lowest BCUT2D eigenvalue weighted by Gasteiger charge is -2.10. The summed E-state index contributed by atoms with van der Waals surface area (Å²) in [5.74, 6) is 0.257. The molecule has 1 aromatic carbocycles. The minimum atomic E-state index is -3.79. The number of carbonyl (C=O) groups is 1. The molecule has 158 valence electrons. The van der Waals surface area contributed by atoms with Crippen molar-refractivity contribution in [1.82, 2.24) is 29.3 Å². The number of hydrogen-bond donors (Lipinski definition) is 2. The number of sulfonamides is 1. The number of aromatic nitrogens is 5. The predicted octanol–water partition coefficient (Wildman–Crippen LogP) is 0.541. The number of nitrogens with zero attached hydrogens (tertiary/aromatic N) is 5. The third kappa shape index (κ3) is 5.36. The standard InChI is InChI=1S/C18H21N7O4S/c1-2-3-17(26)22-14-4-6-15(7-5-14)30(28,29)21-10-11-24-18(27)9-8-16(23-24)25-13-19-12-20-25/h4-9,12-13,21H,2-3,10-11H2,1H3,(H,22,26). The smallest absolute Gasteiger partial charge is 0.266 e. The lowest BCUT2D eigenvalue weighted by Crippen LogP contribution is -2.32. The van der Waals surface area contributed by atoms with Crippen molar-refractivity contribution in [2.24, 2.45) is 0 Å². The quantitative estimate of drug-likeness (QED) is 0.504. The zero-order valence-electron chi connectivity index (χ0n) is 16.2. The third-order valence-corrected chi connectivity index (χ3v) is 5.52. The molecule has 2 N–H and O–H groups in total. The summed E-state index contributed by atoms with van der Waals surface area (Å²) in [5, 5.41) is 10.8. The van der Waals surface area contributed by atoms with Crippen molar-refractivity contribution in [3.05, 3.63) is 59.4 Å². The fraction of sp³-hybridized carbons (Fsp3) is 0.278. The zero-order valence-corrected chi connectivity index (χ0v) is 17.0. The van der Waals surface area contributed by atoms with Crippen LogP contribution >= 0.6 is 0 Å². The summed E-state index contributed by atoms with van der Waals surface area (Å²) in [7, 11) is -3.79. The lowest BCUT2D eigenvalue weighted by atomic mass is 10.3. The van der Waals surface area contributed by atoms with Crippen LogP contribution in [0, 0.1) is 0 Å². The molecule has 3 aromatic rings.